The molecule has 8 heteroatoms. The Bertz CT molecular complexity index is 411. The number of rotatable bonds is 9. The van der Waals surface area contributed by atoms with Gasteiger partial charge in [0.25, 0.3) is 0 Å². The summed E-state index contributed by atoms with van der Waals surface area (Å²) in [5, 5.41) is 14.1. The molecule has 112 valence electrons. The predicted molar refractivity (Wildman–Crippen MR) is 77.8 cm³/mol. The van der Waals surface area contributed by atoms with E-state index in [2.05, 4.69) is 15.6 Å². The van der Waals surface area contributed by atoms with Gasteiger partial charge in [0, 0.05) is 25.5 Å². The van der Waals surface area contributed by atoms with Crippen LogP contribution >= 0.6 is 11.8 Å². The van der Waals surface area contributed by atoms with E-state index in [4.69, 9.17) is 5.11 Å². The van der Waals surface area contributed by atoms with E-state index in [9.17, 15) is 9.59 Å². The molecule has 3 N–H and O–H groups in total. The van der Waals surface area contributed by atoms with Gasteiger partial charge in [0.2, 0.25) is 0 Å². The minimum atomic E-state index is -1.01. The number of aromatic nitrogens is 2. The third-order valence-electron chi connectivity index (χ3n) is 2.65. The lowest BCUT2D eigenvalue weighted by Crippen LogP contribution is -2.46. The second-order valence-corrected chi connectivity index (χ2v) is 5.21. The van der Waals surface area contributed by atoms with Crippen molar-refractivity contribution in [3.63, 3.8) is 0 Å². The highest BCUT2D eigenvalue weighted by atomic mass is 32.2. The summed E-state index contributed by atoms with van der Waals surface area (Å²) >= 11 is 1.55. The molecule has 1 heterocycles. The lowest BCUT2D eigenvalue weighted by Gasteiger charge is -2.14. The Labute approximate surface area is 122 Å². The number of hydrogen-bond acceptors (Lipinski definition) is 4. The van der Waals surface area contributed by atoms with Crippen molar-refractivity contribution in [3.05, 3.63) is 18.7 Å². The standard InChI is InChI=1S/C12H20N4O3S/c1-20-8-3-10(11(17)18)15-12(19)14-4-2-6-16-7-5-13-9-16/h5,7,9-10H,2-4,6,8H2,1H3,(H,17,18)(H2,14,15,19)/t10-/m1/s1. The molecular weight excluding hydrogens is 280 g/mol. The molecule has 0 spiro atoms. The first-order chi connectivity index (χ1) is 9.63. The third-order valence-corrected chi connectivity index (χ3v) is 3.30. The molecule has 0 bridgehead atoms. The average Bonchev–Trinajstić information content (AvgIpc) is 2.92. The second-order valence-electron chi connectivity index (χ2n) is 4.23. The van der Waals surface area contributed by atoms with Gasteiger partial charge in [0.15, 0.2) is 0 Å². The zero-order valence-electron chi connectivity index (χ0n) is 11.4. The van der Waals surface area contributed by atoms with Crippen LogP contribution in [0.25, 0.3) is 0 Å². The molecule has 0 aliphatic rings. The van der Waals surface area contributed by atoms with E-state index >= 15 is 0 Å². The number of aliphatic carboxylic acids is 1. The van der Waals surface area contributed by atoms with Crippen molar-refractivity contribution in [2.45, 2.75) is 25.4 Å². The third kappa shape index (κ3) is 6.46. The van der Waals surface area contributed by atoms with Gasteiger partial charge in [-0.25, -0.2) is 14.6 Å². The SMILES string of the molecule is CSCC[C@@H](NC(=O)NCCCn1ccnc1)C(=O)O. The van der Waals surface area contributed by atoms with Crippen LogP contribution in [0.1, 0.15) is 12.8 Å². The van der Waals surface area contributed by atoms with E-state index in [-0.39, 0.29) is 0 Å². The Kier molecular flexibility index (Phi) is 7.56. The van der Waals surface area contributed by atoms with Crippen LogP contribution in [0.2, 0.25) is 0 Å². The van der Waals surface area contributed by atoms with Crippen LogP contribution < -0.4 is 10.6 Å². The van der Waals surface area contributed by atoms with Crippen molar-refractivity contribution in [2.75, 3.05) is 18.6 Å². The van der Waals surface area contributed by atoms with Crippen LogP contribution in [-0.2, 0) is 11.3 Å². The van der Waals surface area contributed by atoms with Crippen molar-refractivity contribution >= 4 is 23.8 Å². The first-order valence-corrected chi connectivity index (χ1v) is 7.74. The van der Waals surface area contributed by atoms with E-state index in [0.29, 0.717) is 18.7 Å². The first kappa shape index (κ1) is 16.4. The summed E-state index contributed by atoms with van der Waals surface area (Å²) < 4.78 is 1.91. The molecule has 7 nitrogen and oxygen atoms in total. The van der Waals surface area contributed by atoms with Crippen molar-refractivity contribution in [2.24, 2.45) is 0 Å². The summed E-state index contributed by atoms with van der Waals surface area (Å²) in [5.74, 6) is -0.315. The van der Waals surface area contributed by atoms with Crippen LogP contribution in [0.5, 0.6) is 0 Å². The van der Waals surface area contributed by atoms with Crippen LogP contribution in [0, 0.1) is 0 Å². The Hall–Kier alpha value is -1.70. The number of aryl methyl sites for hydroxylation is 1. The Balaban J connectivity index is 2.18. The molecule has 1 atom stereocenters. The minimum absolute atomic E-state index is 0.416. The topological polar surface area (TPSA) is 96.3 Å². The molecule has 0 aromatic carbocycles. The van der Waals surface area contributed by atoms with Gasteiger partial charge in [0.05, 0.1) is 6.33 Å². The number of carboxylic acids is 1. The Morgan fingerprint density at radius 3 is 2.90 bits per heavy atom. The number of imidazole rings is 1. The van der Waals surface area contributed by atoms with Crippen molar-refractivity contribution < 1.29 is 14.7 Å². The maximum absolute atomic E-state index is 11.6. The highest BCUT2D eigenvalue weighted by molar-refractivity contribution is 7.98. The lowest BCUT2D eigenvalue weighted by atomic mass is 10.2. The van der Waals surface area contributed by atoms with Crippen molar-refractivity contribution in [1.82, 2.24) is 20.2 Å². The van der Waals surface area contributed by atoms with Gasteiger partial charge in [-0.1, -0.05) is 0 Å². The van der Waals surface area contributed by atoms with Crippen LogP contribution in [0.3, 0.4) is 0 Å². The van der Waals surface area contributed by atoms with Gasteiger partial charge < -0.3 is 20.3 Å². The summed E-state index contributed by atoms with van der Waals surface area (Å²) in [5.41, 5.74) is 0. The number of hydrogen-bond donors (Lipinski definition) is 3. The van der Waals surface area contributed by atoms with Crippen molar-refractivity contribution in [1.29, 1.82) is 0 Å². The maximum Gasteiger partial charge on any atom is 0.326 e. The monoisotopic (exact) mass is 300 g/mol. The molecule has 1 aromatic heterocycles. The summed E-state index contributed by atoms with van der Waals surface area (Å²) in [7, 11) is 0. The molecule has 2 amide bonds. The number of amides is 2. The fourth-order valence-electron chi connectivity index (χ4n) is 1.58. The molecule has 0 fully saturated rings. The lowest BCUT2D eigenvalue weighted by molar-refractivity contribution is -0.139. The molecule has 0 unspecified atom stereocenters. The normalized spacial score (nSPS) is 11.8. The van der Waals surface area contributed by atoms with Crippen LogP contribution in [0.15, 0.2) is 18.7 Å². The molecule has 20 heavy (non-hydrogen) atoms. The minimum Gasteiger partial charge on any atom is -0.480 e. The summed E-state index contributed by atoms with van der Waals surface area (Å²) in [6.07, 6.45) is 8.33. The van der Waals surface area contributed by atoms with Crippen LogP contribution in [-0.4, -0.2) is 51.3 Å². The molecule has 0 radical (unpaired) electrons. The molecule has 0 aliphatic carbocycles. The predicted octanol–water partition coefficient (Wildman–Crippen LogP) is 0.779. The largest absolute Gasteiger partial charge is 0.480 e. The second kappa shape index (κ2) is 9.24. The number of carbonyl (C=O) groups excluding carboxylic acids is 1. The molecule has 1 aromatic rings. The fraction of sp³-hybridized carbons (Fsp3) is 0.583. The summed E-state index contributed by atoms with van der Waals surface area (Å²) in [6, 6.07) is -1.28. The quantitative estimate of drug-likeness (QED) is 0.586. The maximum atomic E-state index is 11.6. The summed E-state index contributed by atoms with van der Waals surface area (Å²) in [6.45, 7) is 1.24. The number of carboxylic acid groups (broad SMARTS) is 1. The van der Waals surface area contributed by atoms with Gasteiger partial charge >= 0.3 is 12.0 Å². The van der Waals surface area contributed by atoms with Gasteiger partial charge in [-0.2, -0.15) is 11.8 Å². The zero-order valence-corrected chi connectivity index (χ0v) is 12.2. The Morgan fingerprint density at radius 2 is 2.30 bits per heavy atom. The molecule has 0 saturated carbocycles. The average molecular weight is 300 g/mol. The number of thioether (sulfide) groups is 1. The van der Waals surface area contributed by atoms with Gasteiger partial charge in [-0.3, -0.25) is 0 Å². The highest BCUT2D eigenvalue weighted by Gasteiger charge is 2.18. The number of urea groups is 1. The van der Waals surface area contributed by atoms with Crippen molar-refractivity contribution in [3.8, 4) is 0 Å². The molecule has 1 rings (SSSR count). The van der Waals surface area contributed by atoms with E-state index in [1.165, 1.54) is 0 Å². The first-order valence-electron chi connectivity index (χ1n) is 6.35. The van der Waals surface area contributed by atoms with E-state index in [0.717, 1.165) is 13.0 Å². The zero-order chi connectivity index (χ0) is 14.8. The number of nitrogens with one attached hydrogen (secondary N) is 2. The van der Waals surface area contributed by atoms with Crippen LogP contribution in [0.4, 0.5) is 4.79 Å². The highest BCUT2D eigenvalue weighted by Crippen LogP contribution is 2.00. The smallest absolute Gasteiger partial charge is 0.326 e. The van der Waals surface area contributed by atoms with Gasteiger partial charge in [-0.15, -0.1) is 0 Å². The molecule has 0 aliphatic heterocycles. The molecule has 0 saturated heterocycles. The Morgan fingerprint density at radius 1 is 1.50 bits per heavy atom. The molecular formula is C12H20N4O3S. The van der Waals surface area contributed by atoms with E-state index in [1.807, 2.05) is 17.0 Å². The van der Waals surface area contributed by atoms with E-state index < -0.39 is 18.0 Å². The number of carbonyl (C=O) groups is 2. The van der Waals surface area contributed by atoms with E-state index in [1.54, 1.807) is 24.3 Å². The van der Waals surface area contributed by atoms with Gasteiger partial charge in [-0.05, 0) is 24.9 Å². The number of nitrogens with zero attached hydrogens (tertiary/aromatic N) is 2. The summed E-state index contributed by atoms with van der Waals surface area (Å²) in [4.78, 5) is 26.5. The van der Waals surface area contributed by atoms with Gasteiger partial charge in [0.1, 0.15) is 6.04 Å². The fourth-order valence-corrected chi connectivity index (χ4v) is 2.06.